The molecule has 3 N–H and O–H groups in total. The van der Waals surface area contributed by atoms with Gasteiger partial charge in [-0.05, 0) is 51.8 Å². The Morgan fingerprint density at radius 3 is 2.48 bits per heavy atom. The Labute approximate surface area is 131 Å². The van der Waals surface area contributed by atoms with Gasteiger partial charge >= 0.3 is 0 Å². The summed E-state index contributed by atoms with van der Waals surface area (Å²) in [7, 11) is -3.56. The number of anilines is 2. The van der Waals surface area contributed by atoms with E-state index in [4.69, 9.17) is 11.0 Å². The van der Waals surface area contributed by atoms with E-state index >= 15 is 0 Å². The van der Waals surface area contributed by atoms with Gasteiger partial charge < -0.3 is 5.73 Å². The maximum atomic E-state index is 12.1. The van der Waals surface area contributed by atoms with Crippen LogP contribution in [0, 0.1) is 11.3 Å². The number of nitrogens with zero attached hydrogens (tertiary/aromatic N) is 1. The molecule has 0 saturated heterocycles. The zero-order valence-electron chi connectivity index (χ0n) is 10.9. The lowest BCUT2D eigenvalue weighted by molar-refractivity contribution is 0.600. The van der Waals surface area contributed by atoms with Crippen molar-refractivity contribution in [1.82, 2.24) is 0 Å². The van der Waals surface area contributed by atoms with E-state index in [0.717, 1.165) is 0 Å². The summed E-state index contributed by atoms with van der Waals surface area (Å²) in [6, 6.07) is 13.3. The maximum Gasteiger partial charge on any atom is 0.236 e. The van der Waals surface area contributed by atoms with Crippen LogP contribution < -0.4 is 10.5 Å². The molecule has 0 aliphatic rings. The highest BCUT2D eigenvalue weighted by Crippen LogP contribution is 2.26. The van der Waals surface area contributed by atoms with Crippen LogP contribution >= 0.6 is 15.9 Å². The standard InChI is InChI=1S/C14H12BrN3O2S/c15-13-6-5-12(17)7-14(13)18-21(19,20)9-11-3-1-10(8-16)2-4-11/h1-7,18H,9,17H2. The smallest absolute Gasteiger partial charge is 0.236 e. The average molecular weight is 366 g/mol. The molecule has 0 aromatic heterocycles. The summed E-state index contributed by atoms with van der Waals surface area (Å²) >= 11 is 3.27. The Balaban J connectivity index is 2.18. The number of nitrogen functional groups attached to an aromatic ring is 1. The van der Waals surface area contributed by atoms with Gasteiger partial charge in [0.2, 0.25) is 10.0 Å². The van der Waals surface area contributed by atoms with Gasteiger partial charge in [0.15, 0.2) is 0 Å². The van der Waals surface area contributed by atoms with Crippen LogP contribution in [0.15, 0.2) is 46.9 Å². The number of rotatable bonds is 4. The maximum absolute atomic E-state index is 12.1. The van der Waals surface area contributed by atoms with E-state index < -0.39 is 10.0 Å². The van der Waals surface area contributed by atoms with Crippen molar-refractivity contribution in [3.05, 3.63) is 58.1 Å². The van der Waals surface area contributed by atoms with Crippen LogP contribution in [-0.4, -0.2) is 8.42 Å². The van der Waals surface area contributed by atoms with Gasteiger partial charge in [0.1, 0.15) is 0 Å². The summed E-state index contributed by atoms with van der Waals surface area (Å²) in [4.78, 5) is 0. The fraction of sp³-hybridized carbons (Fsp3) is 0.0714. The van der Waals surface area contributed by atoms with Crippen molar-refractivity contribution in [3.8, 4) is 6.07 Å². The third-order valence-electron chi connectivity index (χ3n) is 2.70. The van der Waals surface area contributed by atoms with E-state index in [1.54, 1.807) is 42.5 Å². The predicted octanol–water partition coefficient (Wildman–Crippen LogP) is 2.84. The van der Waals surface area contributed by atoms with Gasteiger partial charge in [0.25, 0.3) is 0 Å². The highest BCUT2D eigenvalue weighted by atomic mass is 79.9. The molecule has 2 aromatic rings. The van der Waals surface area contributed by atoms with Crippen molar-refractivity contribution in [2.24, 2.45) is 0 Å². The topological polar surface area (TPSA) is 96.0 Å². The van der Waals surface area contributed by atoms with Gasteiger partial charge in [-0.2, -0.15) is 5.26 Å². The second kappa shape index (κ2) is 6.16. The summed E-state index contributed by atoms with van der Waals surface area (Å²) in [6.07, 6.45) is 0. The van der Waals surface area contributed by atoms with Crippen molar-refractivity contribution in [1.29, 1.82) is 5.26 Å². The first kappa shape index (κ1) is 15.4. The van der Waals surface area contributed by atoms with Crippen LogP contribution in [0.5, 0.6) is 0 Å². The Kier molecular flexibility index (Phi) is 4.50. The first-order valence-corrected chi connectivity index (χ1v) is 8.39. The van der Waals surface area contributed by atoms with Gasteiger partial charge in [-0.3, -0.25) is 4.72 Å². The molecule has 0 spiro atoms. The van der Waals surface area contributed by atoms with Crippen molar-refractivity contribution in [3.63, 3.8) is 0 Å². The second-order valence-electron chi connectivity index (χ2n) is 4.41. The Morgan fingerprint density at radius 2 is 1.86 bits per heavy atom. The lowest BCUT2D eigenvalue weighted by atomic mass is 10.2. The minimum absolute atomic E-state index is 0.181. The second-order valence-corrected chi connectivity index (χ2v) is 6.99. The zero-order valence-corrected chi connectivity index (χ0v) is 13.3. The lowest BCUT2D eigenvalue weighted by Gasteiger charge is -2.10. The van der Waals surface area contributed by atoms with Gasteiger partial charge in [-0.1, -0.05) is 12.1 Å². The molecule has 0 radical (unpaired) electrons. The highest BCUT2D eigenvalue weighted by molar-refractivity contribution is 9.10. The minimum Gasteiger partial charge on any atom is -0.399 e. The summed E-state index contributed by atoms with van der Waals surface area (Å²) < 4.78 is 27.4. The van der Waals surface area contributed by atoms with Gasteiger partial charge in [-0.25, -0.2) is 8.42 Å². The summed E-state index contributed by atoms with van der Waals surface area (Å²) in [5.41, 5.74) is 7.59. The highest BCUT2D eigenvalue weighted by Gasteiger charge is 2.13. The van der Waals surface area contributed by atoms with Crippen LogP contribution in [0.2, 0.25) is 0 Å². The van der Waals surface area contributed by atoms with Crippen molar-refractivity contribution >= 4 is 37.3 Å². The summed E-state index contributed by atoms with van der Waals surface area (Å²) in [5.74, 6) is -0.181. The molecule has 0 atom stereocenters. The molecule has 0 aliphatic carbocycles. The molecular weight excluding hydrogens is 354 g/mol. The minimum atomic E-state index is -3.56. The molecule has 0 unspecified atom stereocenters. The molecule has 0 bridgehead atoms. The van der Waals surface area contributed by atoms with E-state index in [0.29, 0.717) is 27.0 Å². The molecular formula is C14H12BrN3O2S. The molecule has 0 fully saturated rings. The van der Waals surface area contributed by atoms with Gasteiger partial charge in [0.05, 0.1) is 23.1 Å². The van der Waals surface area contributed by atoms with Crippen LogP contribution in [0.4, 0.5) is 11.4 Å². The quantitative estimate of drug-likeness (QED) is 0.814. The predicted molar refractivity (Wildman–Crippen MR) is 86.0 cm³/mol. The first-order valence-electron chi connectivity index (χ1n) is 5.94. The fourth-order valence-corrected chi connectivity index (χ4v) is 3.40. The Bertz CT molecular complexity index is 796. The number of nitriles is 1. The molecule has 7 heteroatoms. The molecule has 2 aromatic carbocycles. The molecule has 108 valence electrons. The largest absolute Gasteiger partial charge is 0.399 e. The Hall–Kier alpha value is -2.04. The van der Waals surface area contributed by atoms with Crippen molar-refractivity contribution in [2.45, 2.75) is 5.75 Å². The van der Waals surface area contributed by atoms with Gasteiger partial charge in [-0.15, -0.1) is 0 Å². The van der Waals surface area contributed by atoms with Crippen LogP contribution in [0.3, 0.4) is 0 Å². The van der Waals surface area contributed by atoms with E-state index in [9.17, 15) is 8.42 Å². The van der Waals surface area contributed by atoms with E-state index in [1.165, 1.54) is 0 Å². The van der Waals surface area contributed by atoms with E-state index in [-0.39, 0.29) is 5.75 Å². The third-order valence-corrected chi connectivity index (χ3v) is 4.63. The molecule has 0 aliphatic heterocycles. The van der Waals surface area contributed by atoms with Crippen LogP contribution in [0.1, 0.15) is 11.1 Å². The summed E-state index contributed by atoms with van der Waals surface area (Å²) in [5, 5.41) is 8.71. The monoisotopic (exact) mass is 365 g/mol. The van der Waals surface area contributed by atoms with Crippen molar-refractivity contribution in [2.75, 3.05) is 10.5 Å². The number of sulfonamides is 1. The molecule has 2 rings (SSSR count). The number of nitrogens with two attached hydrogens (primary N) is 1. The van der Waals surface area contributed by atoms with Crippen LogP contribution in [0.25, 0.3) is 0 Å². The SMILES string of the molecule is N#Cc1ccc(CS(=O)(=O)Nc2cc(N)ccc2Br)cc1. The number of halogens is 1. The first-order chi connectivity index (χ1) is 9.89. The number of nitrogens with one attached hydrogen (secondary N) is 1. The van der Waals surface area contributed by atoms with E-state index in [2.05, 4.69) is 20.7 Å². The lowest BCUT2D eigenvalue weighted by Crippen LogP contribution is -2.15. The van der Waals surface area contributed by atoms with E-state index in [1.807, 2.05) is 6.07 Å². The number of benzene rings is 2. The molecule has 0 amide bonds. The van der Waals surface area contributed by atoms with Gasteiger partial charge in [0, 0.05) is 10.2 Å². The molecule has 5 nitrogen and oxygen atoms in total. The zero-order chi connectivity index (χ0) is 15.5. The molecule has 21 heavy (non-hydrogen) atoms. The molecule has 0 heterocycles. The Morgan fingerprint density at radius 1 is 1.19 bits per heavy atom. The summed E-state index contributed by atoms with van der Waals surface area (Å²) in [6.45, 7) is 0. The average Bonchev–Trinajstić information content (AvgIpc) is 2.43. The third kappa shape index (κ3) is 4.21. The normalized spacial score (nSPS) is 10.9. The number of hydrogen-bond acceptors (Lipinski definition) is 4. The van der Waals surface area contributed by atoms with Crippen LogP contribution in [-0.2, 0) is 15.8 Å². The fourth-order valence-electron chi connectivity index (χ4n) is 1.72. The van der Waals surface area contributed by atoms with Crippen molar-refractivity contribution < 1.29 is 8.42 Å². The molecule has 0 saturated carbocycles. The number of hydrogen-bond donors (Lipinski definition) is 2.